The van der Waals surface area contributed by atoms with Crippen LogP contribution in [0.2, 0.25) is 0 Å². The Hall–Kier alpha value is -2.73. The van der Waals surface area contributed by atoms with Crippen molar-refractivity contribution in [2.75, 3.05) is 32.1 Å². The standard InChI is InChI=1S/C20H23N5O/c1-24(2)18-5-3-15(12-22-18)17-11-20(26)25-13-16(4-6-19(25)23-17)14-7-9-21-10-8-14/h3-6,11-14,21H,7-10H2,1-2H3. The molecule has 6 nitrogen and oxygen atoms in total. The molecule has 6 heteroatoms. The highest BCUT2D eigenvalue weighted by molar-refractivity contribution is 5.62. The van der Waals surface area contributed by atoms with Gasteiger partial charge in [-0.2, -0.15) is 0 Å². The fourth-order valence-electron chi connectivity index (χ4n) is 3.47. The van der Waals surface area contributed by atoms with E-state index in [1.807, 2.05) is 43.4 Å². The minimum atomic E-state index is -0.0579. The fourth-order valence-corrected chi connectivity index (χ4v) is 3.47. The maximum Gasteiger partial charge on any atom is 0.258 e. The van der Waals surface area contributed by atoms with Crippen molar-refractivity contribution in [1.29, 1.82) is 0 Å². The number of anilines is 1. The Bertz CT molecular complexity index is 972. The van der Waals surface area contributed by atoms with E-state index in [0.29, 0.717) is 17.3 Å². The van der Waals surface area contributed by atoms with Gasteiger partial charge in [-0.05, 0) is 55.6 Å². The molecule has 0 radical (unpaired) electrons. The molecule has 0 spiro atoms. The first-order valence-electron chi connectivity index (χ1n) is 8.99. The molecule has 134 valence electrons. The highest BCUT2D eigenvalue weighted by Gasteiger charge is 2.16. The van der Waals surface area contributed by atoms with Gasteiger partial charge in [-0.25, -0.2) is 9.97 Å². The Balaban J connectivity index is 1.71. The largest absolute Gasteiger partial charge is 0.363 e. The van der Waals surface area contributed by atoms with Crippen LogP contribution < -0.4 is 15.8 Å². The molecule has 4 rings (SSSR count). The second-order valence-electron chi connectivity index (χ2n) is 6.99. The van der Waals surface area contributed by atoms with Gasteiger partial charge in [0.1, 0.15) is 11.5 Å². The van der Waals surface area contributed by atoms with Gasteiger partial charge in [-0.3, -0.25) is 9.20 Å². The van der Waals surface area contributed by atoms with E-state index in [1.165, 1.54) is 5.56 Å². The van der Waals surface area contributed by atoms with Gasteiger partial charge in [0.05, 0.1) is 5.69 Å². The number of hydrogen-bond donors (Lipinski definition) is 1. The van der Waals surface area contributed by atoms with Crippen LogP contribution in [0.3, 0.4) is 0 Å². The van der Waals surface area contributed by atoms with Gasteiger partial charge in [0.15, 0.2) is 0 Å². The molecule has 0 saturated carbocycles. The predicted octanol–water partition coefficient (Wildman–Crippen LogP) is 2.29. The Morgan fingerprint density at radius 1 is 1.15 bits per heavy atom. The molecular weight excluding hydrogens is 326 g/mol. The first-order valence-corrected chi connectivity index (χ1v) is 8.99. The van der Waals surface area contributed by atoms with E-state index in [1.54, 1.807) is 16.7 Å². The van der Waals surface area contributed by atoms with E-state index < -0.39 is 0 Å². The minimum absolute atomic E-state index is 0.0579. The zero-order valence-electron chi connectivity index (χ0n) is 15.1. The minimum Gasteiger partial charge on any atom is -0.363 e. The van der Waals surface area contributed by atoms with Crippen molar-refractivity contribution in [2.24, 2.45) is 0 Å². The monoisotopic (exact) mass is 349 g/mol. The molecule has 1 N–H and O–H groups in total. The summed E-state index contributed by atoms with van der Waals surface area (Å²) in [6, 6.07) is 9.52. The van der Waals surface area contributed by atoms with Crippen LogP contribution in [-0.2, 0) is 0 Å². The summed E-state index contributed by atoms with van der Waals surface area (Å²) in [6.45, 7) is 2.06. The summed E-state index contributed by atoms with van der Waals surface area (Å²) in [6.07, 6.45) is 5.93. The van der Waals surface area contributed by atoms with Crippen LogP contribution in [0.4, 0.5) is 5.82 Å². The van der Waals surface area contributed by atoms with Crippen molar-refractivity contribution >= 4 is 11.5 Å². The molecule has 3 aromatic heterocycles. The molecule has 0 unspecified atom stereocenters. The summed E-state index contributed by atoms with van der Waals surface area (Å²) < 4.78 is 1.66. The molecule has 0 bridgehead atoms. The van der Waals surface area contributed by atoms with Crippen LogP contribution in [0.5, 0.6) is 0 Å². The summed E-state index contributed by atoms with van der Waals surface area (Å²) in [7, 11) is 3.89. The van der Waals surface area contributed by atoms with Gasteiger partial charge in [-0.15, -0.1) is 0 Å². The van der Waals surface area contributed by atoms with Gasteiger partial charge < -0.3 is 10.2 Å². The molecule has 1 aliphatic heterocycles. The Kier molecular flexibility index (Phi) is 4.42. The predicted molar refractivity (Wildman–Crippen MR) is 104 cm³/mol. The normalized spacial score (nSPS) is 15.3. The van der Waals surface area contributed by atoms with Gasteiger partial charge >= 0.3 is 0 Å². The van der Waals surface area contributed by atoms with Gasteiger partial charge in [0.2, 0.25) is 0 Å². The lowest BCUT2D eigenvalue weighted by atomic mass is 9.91. The number of fused-ring (bicyclic) bond motifs is 1. The molecule has 1 fully saturated rings. The van der Waals surface area contributed by atoms with Crippen molar-refractivity contribution in [3.8, 4) is 11.3 Å². The molecule has 1 saturated heterocycles. The maximum absolute atomic E-state index is 12.7. The topological polar surface area (TPSA) is 62.5 Å². The Labute approximate surface area is 152 Å². The number of nitrogens with one attached hydrogen (secondary N) is 1. The van der Waals surface area contributed by atoms with Crippen LogP contribution in [0.25, 0.3) is 16.9 Å². The summed E-state index contributed by atoms with van der Waals surface area (Å²) in [5.74, 6) is 1.38. The number of piperidine rings is 1. The van der Waals surface area contributed by atoms with Gasteiger partial charge in [0, 0.05) is 38.1 Å². The van der Waals surface area contributed by atoms with E-state index in [0.717, 1.165) is 37.3 Å². The molecule has 4 heterocycles. The molecule has 3 aromatic rings. The number of rotatable bonds is 3. The van der Waals surface area contributed by atoms with E-state index in [4.69, 9.17) is 0 Å². The Morgan fingerprint density at radius 2 is 1.96 bits per heavy atom. The van der Waals surface area contributed by atoms with Crippen LogP contribution in [0.15, 0.2) is 47.5 Å². The maximum atomic E-state index is 12.7. The summed E-state index contributed by atoms with van der Waals surface area (Å²) >= 11 is 0. The van der Waals surface area contributed by atoms with Crippen LogP contribution in [0.1, 0.15) is 24.3 Å². The third kappa shape index (κ3) is 3.20. The average Bonchev–Trinajstić information content (AvgIpc) is 2.68. The van der Waals surface area contributed by atoms with E-state index in [9.17, 15) is 4.79 Å². The summed E-state index contributed by atoms with van der Waals surface area (Å²) in [5, 5.41) is 3.38. The summed E-state index contributed by atoms with van der Waals surface area (Å²) in [5.41, 5.74) is 3.33. The molecule has 0 aromatic carbocycles. The van der Waals surface area contributed by atoms with Gasteiger partial charge in [0.25, 0.3) is 5.56 Å². The number of hydrogen-bond acceptors (Lipinski definition) is 5. The fraction of sp³-hybridized carbons (Fsp3) is 0.350. The first kappa shape index (κ1) is 16.7. The highest BCUT2D eigenvalue weighted by atomic mass is 16.1. The van der Waals surface area contributed by atoms with E-state index in [-0.39, 0.29) is 5.56 Å². The molecule has 1 aliphatic rings. The zero-order chi connectivity index (χ0) is 18.1. The molecule has 0 amide bonds. The first-order chi connectivity index (χ1) is 12.6. The van der Waals surface area contributed by atoms with Crippen LogP contribution >= 0.6 is 0 Å². The second kappa shape index (κ2) is 6.88. The smallest absolute Gasteiger partial charge is 0.258 e. The van der Waals surface area contributed by atoms with Crippen molar-refractivity contribution in [2.45, 2.75) is 18.8 Å². The van der Waals surface area contributed by atoms with Crippen molar-refractivity contribution in [3.63, 3.8) is 0 Å². The van der Waals surface area contributed by atoms with Crippen molar-refractivity contribution < 1.29 is 0 Å². The van der Waals surface area contributed by atoms with Crippen molar-refractivity contribution in [3.05, 3.63) is 58.6 Å². The average molecular weight is 349 g/mol. The lowest BCUT2D eigenvalue weighted by molar-refractivity contribution is 0.459. The second-order valence-corrected chi connectivity index (χ2v) is 6.99. The highest BCUT2D eigenvalue weighted by Crippen LogP contribution is 2.25. The van der Waals surface area contributed by atoms with Crippen LogP contribution in [0, 0.1) is 0 Å². The Morgan fingerprint density at radius 3 is 2.65 bits per heavy atom. The van der Waals surface area contributed by atoms with Crippen molar-refractivity contribution in [1.82, 2.24) is 19.7 Å². The lowest BCUT2D eigenvalue weighted by Crippen LogP contribution is -2.27. The third-order valence-electron chi connectivity index (χ3n) is 4.99. The zero-order valence-corrected chi connectivity index (χ0v) is 15.1. The number of aromatic nitrogens is 3. The quantitative estimate of drug-likeness (QED) is 0.786. The third-order valence-corrected chi connectivity index (χ3v) is 4.99. The van der Waals surface area contributed by atoms with E-state index >= 15 is 0 Å². The SMILES string of the molecule is CN(C)c1ccc(-c2cc(=O)n3cc(C4CCNCC4)ccc3n2)cn1. The lowest BCUT2D eigenvalue weighted by Gasteiger charge is -2.23. The number of pyridine rings is 2. The molecule has 0 atom stereocenters. The van der Waals surface area contributed by atoms with Gasteiger partial charge in [-0.1, -0.05) is 6.07 Å². The molecule has 26 heavy (non-hydrogen) atoms. The number of nitrogens with zero attached hydrogens (tertiary/aromatic N) is 4. The summed E-state index contributed by atoms with van der Waals surface area (Å²) in [4.78, 5) is 23.7. The van der Waals surface area contributed by atoms with Crippen LogP contribution in [-0.4, -0.2) is 41.6 Å². The molecule has 0 aliphatic carbocycles. The van der Waals surface area contributed by atoms with E-state index in [2.05, 4.69) is 21.4 Å². The molecular formula is C20H23N5O.